The van der Waals surface area contributed by atoms with Crippen LogP contribution >= 0.6 is 12.4 Å². The Morgan fingerprint density at radius 2 is 2.00 bits per heavy atom. The molecule has 0 spiro atoms. The molecule has 1 saturated heterocycles. The van der Waals surface area contributed by atoms with Crippen molar-refractivity contribution in [2.24, 2.45) is 5.92 Å². The van der Waals surface area contributed by atoms with Gasteiger partial charge in [-0.2, -0.15) is 0 Å². The summed E-state index contributed by atoms with van der Waals surface area (Å²) in [6.07, 6.45) is 1.88. The fraction of sp³-hybridized carbons (Fsp3) is 0.588. The fourth-order valence-electron chi connectivity index (χ4n) is 2.92. The number of halogens is 1. The van der Waals surface area contributed by atoms with Crippen molar-refractivity contribution in [3.05, 3.63) is 35.4 Å². The molecule has 1 aliphatic heterocycles. The molecule has 2 rings (SSSR count). The summed E-state index contributed by atoms with van der Waals surface area (Å²) in [4.78, 5) is 14.4. The first-order valence-corrected chi connectivity index (χ1v) is 7.79. The highest BCUT2D eigenvalue weighted by molar-refractivity contribution is 5.85. The van der Waals surface area contributed by atoms with Crippen LogP contribution < -0.4 is 10.6 Å². The van der Waals surface area contributed by atoms with E-state index in [0.29, 0.717) is 12.6 Å². The predicted molar refractivity (Wildman–Crippen MR) is 93.1 cm³/mol. The Labute approximate surface area is 140 Å². The molecule has 0 aliphatic carbocycles. The summed E-state index contributed by atoms with van der Waals surface area (Å²) in [5.74, 6) is 0.352. The molecule has 2 atom stereocenters. The maximum atomic E-state index is 12.3. The smallest absolute Gasteiger partial charge is 0.223 e. The molecular weight excluding hydrogens is 298 g/mol. The van der Waals surface area contributed by atoms with E-state index in [9.17, 15) is 4.79 Å². The molecule has 1 aliphatic rings. The molecule has 5 heteroatoms. The fourth-order valence-corrected chi connectivity index (χ4v) is 2.92. The highest BCUT2D eigenvalue weighted by Gasteiger charge is 2.24. The van der Waals surface area contributed by atoms with Crippen LogP contribution in [0.4, 0.5) is 0 Å². The van der Waals surface area contributed by atoms with E-state index in [1.807, 2.05) is 6.07 Å². The van der Waals surface area contributed by atoms with Crippen molar-refractivity contribution >= 4 is 18.3 Å². The number of carbonyl (C=O) groups excluding carboxylic acids is 1. The summed E-state index contributed by atoms with van der Waals surface area (Å²) < 4.78 is 0. The van der Waals surface area contributed by atoms with Crippen LogP contribution in [0.1, 0.15) is 30.9 Å². The number of piperidine rings is 1. The van der Waals surface area contributed by atoms with Gasteiger partial charge in [0.05, 0.1) is 0 Å². The minimum Gasteiger partial charge on any atom is -0.352 e. The van der Waals surface area contributed by atoms with Crippen molar-refractivity contribution in [1.82, 2.24) is 15.5 Å². The van der Waals surface area contributed by atoms with Gasteiger partial charge in [-0.1, -0.05) is 24.3 Å². The second-order valence-corrected chi connectivity index (χ2v) is 6.30. The Hall–Kier alpha value is -1.10. The summed E-state index contributed by atoms with van der Waals surface area (Å²) in [6, 6.07) is 8.76. The molecular formula is C17H28ClN3O. The van der Waals surface area contributed by atoms with E-state index in [2.05, 4.69) is 54.8 Å². The number of nitrogens with one attached hydrogen (secondary N) is 2. The van der Waals surface area contributed by atoms with Crippen molar-refractivity contribution < 1.29 is 4.79 Å². The maximum absolute atomic E-state index is 12.3. The lowest BCUT2D eigenvalue weighted by Gasteiger charge is -2.27. The van der Waals surface area contributed by atoms with Gasteiger partial charge < -0.3 is 15.5 Å². The van der Waals surface area contributed by atoms with Gasteiger partial charge in [-0.3, -0.25) is 4.79 Å². The number of rotatable bonds is 5. The molecule has 22 heavy (non-hydrogen) atoms. The minimum absolute atomic E-state index is 0. The van der Waals surface area contributed by atoms with Crippen LogP contribution in [0.15, 0.2) is 24.3 Å². The maximum Gasteiger partial charge on any atom is 0.223 e. The third-order valence-corrected chi connectivity index (χ3v) is 4.05. The molecule has 0 bridgehead atoms. The van der Waals surface area contributed by atoms with Gasteiger partial charge in [0.25, 0.3) is 0 Å². The van der Waals surface area contributed by atoms with Gasteiger partial charge in [0.1, 0.15) is 0 Å². The molecule has 0 saturated carbocycles. The minimum atomic E-state index is 0. The average Bonchev–Trinajstić information content (AvgIpc) is 2.45. The lowest BCUT2D eigenvalue weighted by atomic mass is 9.92. The summed E-state index contributed by atoms with van der Waals surface area (Å²) in [5, 5.41) is 6.50. The highest BCUT2D eigenvalue weighted by Crippen LogP contribution is 2.17. The Morgan fingerprint density at radius 3 is 2.64 bits per heavy atom. The molecule has 1 aromatic rings. The molecule has 124 valence electrons. The number of benzene rings is 1. The largest absolute Gasteiger partial charge is 0.352 e. The van der Waals surface area contributed by atoms with E-state index < -0.39 is 0 Å². The predicted octanol–water partition coefficient (Wildman–Crippen LogP) is 2.17. The summed E-state index contributed by atoms with van der Waals surface area (Å²) >= 11 is 0. The topological polar surface area (TPSA) is 44.4 Å². The third kappa shape index (κ3) is 5.59. The standard InChI is InChI=1S/C17H27N3O.ClH/c1-13-10-14(8-9-18-13)17(21)19-11-15-6-4-5-7-16(15)12-20(2)3;/h4-7,13-14,18H,8-12H2,1-3H3,(H,19,21);1H/t13-,14-;/m0./s1. The van der Waals surface area contributed by atoms with Crippen molar-refractivity contribution in [3.63, 3.8) is 0 Å². The molecule has 1 aromatic carbocycles. The van der Waals surface area contributed by atoms with Crippen LogP contribution in [0.3, 0.4) is 0 Å². The number of nitrogens with zero attached hydrogens (tertiary/aromatic N) is 1. The van der Waals surface area contributed by atoms with Gasteiger partial charge in [-0.05, 0) is 51.5 Å². The van der Waals surface area contributed by atoms with Crippen LogP contribution in [0.2, 0.25) is 0 Å². The van der Waals surface area contributed by atoms with Gasteiger partial charge in [0.15, 0.2) is 0 Å². The number of carbonyl (C=O) groups is 1. The quantitative estimate of drug-likeness (QED) is 0.872. The first-order chi connectivity index (χ1) is 10.1. The highest BCUT2D eigenvalue weighted by atomic mass is 35.5. The number of hydrogen-bond acceptors (Lipinski definition) is 3. The molecule has 4 nitrogen and oxygen atoms in total. The van der Waals surface area contributed by atoms with E-state index >= 15 is 0 Å². The average molecular weight is 326 g/mol. The molecule has 1 heterocycles. The zero-order chi connectivity index (χ0) is 15.2. The Morgan fingerprint density at radius 1 is 1.32 bits per heavy atom. The van der Waals surface area contributed by atoms with E-state index in [1.165, 1.54) is 11.1 Å². The molecule has 1 fully saturated rings. The van der Waals surface area contributed by atoms with Gasteiger partial charge in [-0.15, -0.1) is 12.4 Å². The first-order valence-electron chi connectivity index (χ1n) is 7.79. The van der Waals surface area contributed by atoms with Crippen molar-refractivity contribution in [2.75, 3.05) is 20.6 Å². The molecule has 0 radical (unpaired) electrons. The molecule has 1 amide bonds. The van der Waals surface area contributed by atoms with E-state index in [4.69, 9.17) is 0 Å². The van der Waals surface area contributed by atoms with Gasteiger partial charge >= 0.3 is 0 Å². The van der Waals surface area contributed by atoms with Crippen molar-refractivity contribution in [1.29, 1.82) is 0 Å². The van der Waals surface area contributed by atoms with Crippen LogP contribution in [-0.2, 0) is 17.9 Å². The molecule has 2 N–H and O–H groups in total. The second kappa shape index (κ2) is 9.13. The normalized spacial score (nSPS) is 21.3. The van der Waals surface area contributed by atoms with Gasteiger partial charge in [-0.25, -0.2) is 0 Å². The SMILES string of the molecule is C[C@H]1C[C@@H](C(=O)NCc2ccccc2CN(C)C)CCN1.Cl. The number of amides is 1. The van der Waals surface area contributed by atoms with Gasteiger partial charge in [0, 0.05) is 25.0 Å². The lowest BCUT2D eigenvalue weighted by Crippen LogP contribution is -2.42. The first kappa shape index (κ1) is 18.9. The van der Waals surface area contributed by atoms with E-state index in [0.717, 1.165) is 25.9 Å². The monoisotopic (exact) mass is 325 g/mol. The zero-order valence-electron chi connectivity index (χ0n) is 13.8. The van der Waals surface area contributed by atoms with Crippen LogP contribution in [0.5, 0.6) is 0 Å². The molecule has 0 aromatic heterocycles. The lowest BCUT2D eigenvalue weighted by molar-refractivity contribution is -0.126. The van der Waals surface area contributed by atoms with E-state index in [-0.39, 0.29) is 24.2 Å². The Bertz CT molecular complexity index is 479. The van der Waals surface area contributed by atoms with Crippen LogP contribution in [0, 0.1) is 5.92 Å². The van der Waals surface area contributed by atoms with Crippen molar-refractivity contribution in [3.8, 4) is 0 Å². The number of hydrogen-bond donors (Lipinski definition) is 2. The Kier molecular flexibility index (Phi) is 7.87. The van der Waals surface area contributed by atoms with E-state index in [1.54, 1.807) is 0 Å². The van der Waals surface area contributed by atoms with Gasteiger partial charge in [0.2, 0.25) is 5.91 Å². The zero-order valence-corrected chi connectivity index (χ0v) is 14.6. The summed E-state index contributed by atoms with van der Waals surface area (Å²) in [6.45, 7) is 4.61. The van der Waals surface area contributed by atoms with Crippen LogP contribution in [-0.4, -0.2) is 37.5 Å². The van der Waals surface area contributed by atoms with Crippen molar-refractivity contribution in [2.45, 2.75) is 38.9 Å². The summed E-state index contributed by atoms with van der Waals surface area (Å²) in [7, 11) is 4.12. The second-order valence-electron chi connectivity index (χ2n) is 6.30. The summed E-state index contributed by atoms with van der Waals surface area (Å²) in [5.41, 5.74) is 2.49. The van der Waals surface area contributed by atoms with Crippen LogP contribution in [0.25, 0.3) is 0 Å². The third-order valence-electron chi connectivity index (χ3n) is 4.05. The Balaban J connectivity index is 0.00000242. The molecule has 0 unspecified atom stereocenters.